The van der Waals surface area contributed by atoms with Gasteiger partial charge in [0.25, 0.3) is 0 Å². The highest BCUT2D eigenvalue weighted by molar-refractivity contribution is 5.79. The fourth-order valence-electron chi connectivity index (χ4n) is 3.12. The first-order valence-corrected chi connectivity index (χ1v) is 7.12. The second-order valence-electron chi connectivity index (χ2n) is 6.13. The van der Waals surface area contributed by atoms with Crippen molar-refractivity contribution in [1.82, 2.24) is 4.90 Å². The van der Waals surface area contributed by atoms with Crippen LogP contribution in [0.3, 0.4) is 0 Å². The number of carbonyl (C=O) groups excluding carboxylic acids is 1. The smallest absolute Gasteiger partial charge is 0.223 e. The average Bonchev–Trinajstić information content (AvgIpc) is 2.86. The van der Waals surface area contributed by atoms with Crippen molar-refractivity contribution < 1.29 is 14.6 Å². The molecule has 5 heteroatoms. The van der Waals surface area contributed by atoms with Gasteiger partial charge in [-0.25, -0.2) is 0 Å². The highest BCUT2D eigenvalue weighted by atomic mass is 16.5. The van der Waals surface area contributed by atoms with Crippen molar-refractivity contribution in [3.8, 4) is 11.8 Å². The highest BCUT2D eigenvalue weighted by Crippen LogP contribution is 2.43. The predicted octanol–water partition coefficient (Wildman–Crippen LogP) is 1.12. The number of ether oxygens (including phenoxy) is 1. The van der Waals surface area contributed by atoms with E-state index in [1.807, 2.05) is 0 Å². The number of rotatable bonds is 1. The van der Waals surface area contributed by atoms with Crippen molar-refractivity contribution in [3.05, 3.63) is 29.3 Å². The zero-order valence-electron chi connectivity index (χ0n) is 12.1. The van der Waals surface area contributed by atoms with Crippen molar-refractivity contribution in [2.45, 2.75) is 44.4 Å². The summed E-state index contributed by atoms with van der Waals surface area (Å²) in [5.74, 6) is 0.600. The summed E-state index contributed by atoms with van der Waals surface area (Å²) in [7, 11) is 0. The van der Waals surface area contributed by atoms with E-state index in [4.69, 9.17) is 10.00 Å². The number of nitriles is 1. The van der Waals surface area contributed by atoms with Crippen LogP contribution in [-0.4, -0.2) is 29.1 Å². The lowest BCUT2D eigenvalue weighted by molar-refractivity contribution is -0.462. The summed E-state index contributed by atoms with van der Waals surface area (Å²) in [4.78, 5) is 13.7. The van der Waals surface area contributed by atoms with Crippen molar-refractivity contribution >= 4 is 5.91 Å². The molecule has 3 rings (SSSR count). The van der Waals surface area contributed by atoms with Gasteiger partial charge in [0.1, 0.15) is 5.75 Å². The zero-order valence-corrected chi connectivity index (χ0v) is 12.1. The Bertz CT molecular complexity index is 633. The Morgan fingerprint density at radius 1 is 1.48 bits per heavy atom. The van der Waals surface area contributed by atoms with Crippen molar-refractivity contribution in [2.75, 3.05) is 6.54 Å². The van der Waals surface area contributed by atoms with Gasteiger partial charge in [-0.15, -0.1) is 0 Å². The first-order chi connectivity index (χ1) is 9.94. The summed E-state index contributed by atoms with van der Waals surface area (Å²) in [6, 6.07) is 6.57. The molecule has 0 radical (unpaired) electrons. The van der Waals surface area contributed by atoms with Crippen molar-refractivity contribution in [2.24, 2.45) is 0 Å². The van der Waals surface area contributed by atoms with Crippen LogP contribution in [0.1, 0.15) is 43.9 Å². The molecule has 0 aromatic heterocycles. The largest absolute Gasteiger partial charge is 0.847 e. The van der Waals surface area contributed by atoms with Crippen LogP contribution in [0.4, 0.5) is 0 Å². The van der Waals surface area contributed by atoms with Crippen LogP contribution in [0.25, 0.3) is 0 Å². The Morgan fingerprint density at radius 3 is 2.86 bits per heavy atom. The Morgan fingerprint density at radius 2 is 2.24 bits per heavy atom. The minimum Gasteiger partial charge on any atom is -0.847 e. The van der Waals surface area contributed by atoms with Gasteiger partial charge in [0.05, 0.1) is 23.3 Å². The lowest BCUT2D eigenvalue weighted by Crippen LogP contribution is -2.60. The molecular weight excluding hydrogens is 268 g/mol. The molecule has 0 bridgehead atoms. The third-order valence-corrected chi connectivity index (χ3v) is 4.25. The van der Waals surface area contributed by atoms with E-state index < -0.39 is 17.7 Å². The number of fused-ring (bicyclic) bond motifs is 1. The minimum absolute atomic E-state index is 0.00635. The van der Waals surface area contributed by atoms with E-state index >= 15 is 0 Å². The van der Waals surface area contributed by atoms with Crippen LogP contribution in [0.2, 0.25) is 0 Å². The molecule has 1 fully saturated rings. The first-order valence-electron chi connectivity index (χ1n) is 7.12. The van der Waals surface area contributed by atoms with E-state index in [1.54, 1.807) is 36.9 Å². The van der Waals surface area contributed by atoms with Gasteiger partial charge >= 0.3 is 0 Å². The molecule has 1 aromatic carbocycles. The maximum absolute atomic E-state index is 12.8. The maximum atomic E-state index is 12.8. The van der Waals surface area contributed by atoms with Gasteiger partial charge in [0.2, 0.25) is 5.91 Å². The molecule has 110 valence electrons. The molecule has 1 amide bonds. The Hall–Kier alpha value is -2.06. The van der Waals surface area contributed by atoms with Crippen LogP contribution in [0.15, 0.2) is 18.2 Å². The molecule has 0 spiro atoms. The second kappa shape index (κ2) is 4.74. The molecule has 21 heavy (non-hydrogen) atoms. The SMILES string of the molecule is CC1(C)Oc2ccc(C#N)cc2[C@H](N2CCCC2=O)[C@H]1[O-]. The molecule has 0 aliphatic carbocycles. The fraction of sp³-hybridized carbons (Fsp3) is 0.500. The van der Waals surface area contributed by atoms with E-state index in [2.05, 4.69) is 6.07 Å². The molecule has 5 nitrogen and oxygen atoms in total. The van der Waals surface area contributed by atoms with E-state index in [9.17, 15) is 9.90 Å². The van der Waals surface area contributed by atoms with Crippen LogP contribution >= 0.6 is 0 Å². The summed E-state index contributed by atoms with van der Waals surface area (Å²) in [6.07, 6.45) is 0.176. The third-order valence-electron chi connectivity index (χ3n) is 4.25. The number of carbonyl (C=O) groups is 1. The molecule has 0 N–H and O–H groups in total. The van der Waals surface area contributed by atoms with E-state index in [-0.39, 0.29) is 5.91 Å². The van der Waals surface area contributed by atoms with E-state index in [0.29, 0.717) is 29.8 Å². The predicted molar refractivity (Wildman–Crippen MR) is 73.3 cm³/mol. The van der Waals surface area contributed by atoms with E-state index in [1.165, 1.54) is 0 Å². The normalized spacial score (nSPS) is 27.0. The summed E-state index contributed by atoms with van der Waals surface area (Å²) in [5, 5.41) is 21.9. The van der Waals surface area contributed by atoms with Gasteiger partial charge in [-0.2, -0.15) is 5.26 Å². The minimum atomic E-state index is -1.08. The van der Waals surface area contributed by atoms with Gasteiger partial charge in [-0.05, 0) is 38.5 Å². The molecule has 0 unspecified atom stereocenters. The molecule has 1 aromatic rings. The maximum Gasteiger partial charge on any atom is 0.223 e. The van der Waals surface area contributed by atoms with Crippen molar-refractivity contribution in [1.29, 1.82) is 5.26 Å². The van der Waals surface area contributed by atoms with Gasteiger partial charge < -0.3 is 14.7 Å². The quantitative estimate of drug-likeness (QED) is 0.775. The molecule has 0 saturated carbocycles. The summed E-state index contributed by atoms with van der Waals surface area (Å²) in [5.41, 5.74) is 0.235. The van der Waals surface area contributed by atoms with Crippen molar-refractivity contribution in [3.63, 3.8) is 0 Å². The van der Waals surface area contributed by atoms with E-state index in [0.717, 1.165) is 6.42 Å². The van der Waals surface area contributed by atoms with Gasteiger partial charge in [0, 0.05) is 18.5 Å². The number of likely N-dealkylation sites (tertiary alicyclic amines) is 1. The molecule has 2 atom stereocenters. The number of amides is 1. The summed E-state index contributed by atoms with van der Waals surface area (Å²) < 4.78 is 5.80. The average molecular weight is 285 g/mol. The van der Waals surface area contributed by atoms with Gasteiger partial charge in [0.15, 0.2) is 0 Å². The summed E-state index contributed by atoms with van der Waals surface area (Å²) >= 11 is 0. The number of hydrogen-bond acceptors (Lipinski definition) is 4. The number of hydrogen-bond donors (Lipinski definition) is 0. The van der Waals surface area contributed by atoms with Crippen LogP contribution in [0, 0.1) is 11.3 Å². The Kier molecular flexibility index (Phi) is 3.14. The summed E-state index contributed by atoms with van der Waals surface area (Å²) in [6.45, 7) is 4.09. The first kappa shape index (κ1) is 13.9. The third kappa shape index (κ3) is 2.16. The Labute approximate surface area is 123 Å². The number of nitrogens with zero attached hydrogens (tertiary/aromatic N) is 2. The molecule has 2 heterocycles. The second-order valence-corrected chi connectivity index (χ2v) is 6.13. The monoisotopic (exact) mass is 285 g/mol. The topological polar surface area (TPSA) is 76.4 Å². The molecular formula is C16H17N2O3-. The lowest BCUT2D eigenvalue weighted by atomic mass is 9.85. The zero-order chi connectivity index (χ0) is 15.2. The van der Waals surface area contributed by atoms with Crippen LogP contribution in [-0.2, 0) is 4.79 Å². The molecule has 1 saturated heterocycles. The Balaban J connectivity index is 2.12. The lowest BCUT2D eigenvalue weighted by Gasteiger charge is -2.51. The van der Waals surface area contributed by atoms with Crippen LogP contribution in [0.5, 0.6) is 5.75 Å². The van der Waals surface area contributed by atoms with Gasteiger partial charge in [-0.3, -0.25) is 4.79 Å². The van der Waals surface area contributed by atoms with Crippen LogP contribution < -0.4 is 9.84 Å². The standard InChI is InChI=1S/C16H17N2O3/c1-16(2)15(20)14(18-7-3-4-13(18)19)11-8-10(9-17)5-6-12(11)21-16/h5-6,8,14-15H,3-4,7H2,1-2H3/q-1/t14-,15+/m0/s1. The highest BCUT2D eigenvalue weighted by Gasteiger charge is 2.42. The fourth-order valence-corrected chi connectivity index (χ4v) is 3.12. The number of benzene rings is 1. The molecule has 2 aliphatic heterocycles. The molecule has 2 aliphatic rings. The van der Waals surface area contributed by atoms with Gasteiger partial charge in [-0.1, -0.05) is 6.10 Å².